The topological polar surface area (TPSA) is 41.6 Å². The van der Waals surface area contributed by atoms with Gasteiger partial charge >= 0.3 is 6.36 Å². The first kappa shape index (κ1) is 15.1. The maximum atomic E-state index is 12.2. The van der Waals surface area contributed by atoms with E-state index < -0.39 is 6.36 Å². The second-order valence-electron chi connectivity index (χ2n) is 4.28. The Morgan fingerprint density at radius 3 is 2.65 bits per heavy atom. The van der Waals surface area contributed by atoms with Crippen molar-refractivity contribution in [3.8, 4) is 5.75 Å². The number of likely N-dealkylation sites (N-methyl/N-ethyl adjacent to an activating group) is 1. The van der Waals surface area contributed by atoms with Crippen molar-refractivity contribution in [2.75, 3.05) is 18.5 Å². The van der Waals surface area contributed by atoms with Gasteiger partial charge < -0.3 is 15.0 Å². The summed E-state index contributed by atoms with van der Waals surface area (Å²) in [5.41, 5.74) is 0.536. The molecule has 4 nitrogen and oxygen atoms in total. The van der Waals surface area contributed by atoms with Crippen LogP contribution in [0.25, 0.3) is 0 Å². The predicted octanol–water partition coefficient (Wildman–Crippen LogP) is 2.67. The molecule has 110 valence electrons. The molecular formula is C12H12BrF3N2O2. The van der Waals surface area contributed by atoms with Crippen LogP contribution in [0.5, 0.6) is 5.75 Å². The number of nitrogens with zero attached hydrogens (tertiary/aromatic N) is 1. The van der Waals surface area contributed by atoms with Crippen LogP contribution in [0.4, 0.5) is 18.9 Å². The number of benzene rings is 1. The van der Waals surface area contributed by atoms with Crippen molar-refractivity contribution >= 4 is 27.5 Å². The minimum absolute atomic E-state index is 0.0936. The van der Waals surface area contributed by atoms with Gasteiger partial charge in [0.25, 0.3) is 0 Å². The molecule has 0 saturated carbocycles. The van der Waals surface area contributed by atoms with Gasteiger partial charge in [0.05, 0.1) is 10.5 Å². The molecule has 20 heavy (non-hydrogen) atoms. The molecule has 0 spiro atoms. The van der Waals surface area contributed by atoms with Gasteiger partial charge in [0.15, 0.2) is 0 Å². The number of nitrogens with one attached hydrogen (secondary N) is 1. The number of rotatable bonds is 3. The zero-order chi connectivity index (χ0) is 14.9. The van der Waals surface area contributed by atoms with E-state index in [0.29, 0.717) is 18.7 Å². The van der Waals surface area contributed by atoms with Gasteiger partial charge in [-0.1, -0.05) is 0 Å². The van der Waals surface area contributed by atoms with E-state index in [2.05, 4.69) is 26.0 Å². The number of carbonyl (C=O) groups is 1. The smallest absolute Gasteiger partial charge is 0.405 e. The maximum absolute atomic E-state index is 12.2. The number of hydrogen-bond donors (Lipinski definition) is 1. The molecule has 1 aromatic carbocycles. The molecule has 0 radical (unpaired) electrons. The van der Waals surface area contributed by atoms with E-state index in [9.17, 15) is 18.0 Å². The van der Waals surface area contributed by atoms with Crippen molar-refractivity contribution in [3.63, 3.8) is 0 Å². The third-order valence-electron chi connectivity index (χ3n) is 3.01. The summed E-state index contributed by atoms with van der Waals surface area (Å²) >= 11 is 3.02. The van der Waals surface area contributed by atoms with E-state index in [1.54, 1.807) is 7.05 Å². The Hall–Kier alpha value is -1.28. The summed E-state index contributed by atoms with van der Waals surface area (Å²) in [6.45, 7) is 0.524. The van der Waals surface area contributed by atoms with Crippen molar-refractivity contribution in [2.24, 2.45) is 0 Å². The molecule has 1 heterocycles. The summed E-state index contributed by atoms with van der Waals surface area (Å²) in [4.78, 5) is 13.5. The molecule has 1 aromatic rings. The number of alkyl halides is 3. The number of anilines is 1. The first-order chi connectivity index (χ1) is 9.31. The molecule has 1 unspecified atom stereocenters. The third-order valence-corrected chi connectivity index (χ3v) is 3.63. The standard InChI is InChI=1S/C12H12BrF3N2O2/c1-17-9-4-5-18(11(9)19)7-2-3-10(8(13)6-7)20-12(14,15)16/h2-3,6,9,17H,4-5H2,1H3. The molecule has 1 aliphatic heterocycles. The Morgan fingerprint density at radius 2 is 2.15 bits per heavy atom. The van der Waals surface area contributed by atoms with E-state index in [4.69, 9.17) is 0 Å². The Kier molecular flexibility index (Phi) is 4.24. The minimum atomic E-state index is -4.75. The van der Waals surface area contributed by atoms with Crippen LogP contribution >= 0.6 is 15.9 Å². The van der Waals surface area contributed by atoms with E-state index in [1.165, 1.54) is 23.1 Å². The van der Waals surface area contributed by atoms with Crippen LogP contribution in [0.2, 0.25) is 0 Å². The Labute approximate surface area is 122 Å². The lowest BCUT2D eigenvalue weighted by atomic mass is 10.2. The van der Waals surface area contributed by atoms with E-state index >= 15 is 0 Å². The van der Waals surface area contributed by atoms with Crippen molar-refractivity contribution in [2.45, 2.75) is 18.8 Å². The Morgan fingerprint density at radius 1 is 1.45 bits per heavy atom. The molecule has 0 aromatic heterocycles. The SMILES string of the molecule is CNC1CCN(c2ccc(OC(F)(F)F)c(Br)c2)C1=O. The predicted molar refractivity (Wildman–Crippen MR) is 70.6 cm³/mol. The van der Waals surface area contributed by atoms with Gasteiger partial charge in [-0.3, -0.25) is 4.79 Å². The van der Waals surface area contributed by atoms with Crippen LogP contribution in [0.1, 0.15) is 6.42 Å². The Balaban J connectivity index is 2.20. The van der Waals surface area contributed by atoms with Gasteiger partial charge in [0.2, 0.25) is 5.91 Å². The molecule has 1 fully saturated rings. The summed E-state index contributed by atoms with van der Waals surface area (Å²) < 4.78 is 40.5. The number of ether oxygens (including phenoxy) is 1. The van der Waals surface area contributed by atoms with Crippen molar-refractivity contribution in [1.82, 2.24) is 5.32 Å². The number of amides is 1. The van der Waals surface area contributed by atoms with E-state index in [-0.39, 0.29) is 22.2 Å². The largest absolute Gasteiger partial charge is 0.573 e. The monoisotopic (exact) mass is 352 g/mol. The first-order valence-electron chi connectivity index (χ1n) is 5.86. The molecule has 1 aliphatic rings. The van der Waals surface area contributed by atoms with E-state index in [1.807, 2.05) is 0 Å². The van der Waals surface area contributed by atoms with Gasteiger partial charge in [-0.2, -0.15) is 0 Å². The fraction of sp³-hybridized carbons (Fsp3) is 0.417. The van der Waals surface area contributed by atoms with Gasteiger partial charge in [0, 0.05) is 12.2 Å². The zero-order valence-corrected chi connectivity index (χ0v) is 12.1. The van der Waals surface area contributed by atoms with Gasteiger partial charge in [-0.05, 0) is 47.6 Å². The van der Waals surface area contributed by atoms with Crippen LogP contribution in [0, 0.1) is 0 Å². The first-order valence-corrected chi connectivity index (χ1v) is 6.65. The highest BCUT2D eigenvalue weighted by Crippen LogP contribution is 2.34. The lowest BCUT2D eigenvalue weighted by molar-refractivity contribution is -0.274. The van der Waals surface area contributed by atoms with Crippen LogP contribution in [0.3, 0.4) is 0 Å². The van der Waals surface area contributed by atoms with Crippen LogP contribution < -0.4 is 15.0 Å². The molecule has 0 aliphatic carbocycles. The number of carbonyl (C=O) groups excluding carboxylic acids is 1. The Bertz CT molecular complexity index is 522. The zero-order valence-electron chi connectivity index (χ0n) is 10.5. The molecule has 1 atom stereocenters. The highest BCUT2D eigenvalue weighted by molar-refractivity contribution is 9.10. The highest BCUT2D eigenvalue weighted by Gasteiger charge is 2.33. The molecule has 0 bridgehead atoms. The van der Waals surface area contributed by atoms with Crippen molar-refractivity contribution in [3.05, 3.63) is 22.7 Å². The van der Waals surface area contributed by atoms with Crippen LogP contribution in [-0.2, 0) is 4.79 Å². The molecular weight excluding hydrogens is 341 g/mol. The average molecular weight is 353 g/mol. The summed E-state index contributed by atoms with van der Waals surface area (Å²) in [7, 11) is 1.70. The van der Waals surface area contributed by atoms with Crippen molar-refractivity contribution in [1.29, 1.82) is 0 Å². The second-order valence-corrected chi connectivity index (χ2v) is 5.14. The van der Waals surface area contributed by atoms with Gasteiger partial charge in [-0.25, -0.2) is 0 Å². The van der Waals surface area contributed by atoms with Gasteiger partial charge in [-0.15, -0.1) is 13.2 Å². The quantitative estimate of drug-likeness (QED) is 0.909. The normalized spacial score (nSPS) is 19.6. The summed E-state index contributed by atoms with van der Waals surface area (Å²) in [6.07, 6.45) is -4.08. The van der Waals surface area contributed by atoms with E-state index in [0.717, 1.165) is 0 Å². The lowest BCUT2D eigenvalue weighted by Gasteiger charge is -2.18. The third kappa shape index (κ3) is 3.24. The molecule has 2 rings (SSSR count). The molecule has 8 heteroatoms. The summed E-state index contributed by atoms with van der Waals surface area (Å²) in [6, 6.07) is 3.81. The molecule has 1 N–H and O–H groups in total. The van der Waals surface area contributed by atoms with Gasteiger partial charge in [0.1, 0.15) is 5.75 Å². The average Bonchev–Trinajstić information content (AvgIpc) is 2.71. The lowest BCUT2D eigenvalue weighted by Crippen LogP contribution is -2.36. The summed E-state index contributed by atoms with van der Waals surface area (Å²) in [5.74, 6) is -0.429. The van der Waals surface area contributed by atoms with Crippen LogP contribution in [-0.4, -0.2) is 31.9 Å². The van der Waals surface area contributed by atoms with Crippen molar-refractivity contribution < 1.29 is 22.7 Å². The maximum Gasteiger partial charge on any atom is 0.573 e. The van der Waals surface area contributed by atoms with Crippen LogP contribution in [0.15, 0.2) is 22.7 Å². The fourth-order valence-corrected chi connectivity index (χ4v) is 2.52. The fourth-order valence-electron chi connectivity index (χ4n) is 2.07. The second kappa shape index (κ2) is 5.61. The molecule has 1 amide bonds. The molecule has 1 saturated heterocycles. The minimum Gasteiger partial charge on any atom is -0.405 e. The number of hydrogen-bond acceptors (Lipinski definition) is 3. The summed E-state index contributed by atoms with van der Waals surface area (Å²) in [5, 5.41) is 2.89. The highest BCUT2D eigenvalue weighted by atomic mass is 79.9. The number of halogens is 4.